The van der Waals surface area contributed by atoms with Gasteiger partial charge in [-0.3, -0.25) is 0 Å². The summed E-state index contributed by atoms with van der Waals surface area (Å²) in [5, 5.41) is 0. The normalized spacial score (nSPS) is 19.4. The number of aryl methyl sites for hydroxylation is 1. The summed E-state index contributed by atoms with van der Waals surface area (Å²) in [5.41, 5.74) is 0.838. The van der Waals surface area contributed by atoms with Crippen LogP contribution in [-0.4, -0.2) is 17.6 Å². The second kappa shape index (κ2) is 5.98. The van der Waals surface area contributed by atoms with Gasteiger partial charge in [0.2, 0.25) is 5.76 Å². The molecule has 0 bridgehead atoms. The average molecular weight is 277 g/mol. The lowest BCUT2D eigenvalue weighted by Gasteiger charge is -2.05. The lowest BCUT2D eigenvalue weighted by molar-refractivity contribution is 0.0486. The van der Waals surface area contributed by atoms with Crippen molar-refractivity contribution < 1.29 is 13.9 Å². The molecule has 3 rings (SSSR count). The van der Waals surface area contributed by atoms with Crippen molar-refractivity contribution in [3.63, 3.8) is 0 Å². The first-order valence-electron chi connectivity index (χ1n) is 7.94. The Balaban J connectivity index is 1.67. The van der Waals surface area contributed by atoms with Crippen LogP contribution in [0.5, 0.6) is 0 Å². The van der Waals surface area contributed by atoms with Gasteiger partial charge in [0.15, 0.2) is 5.89 Å². The molecule has 0 radical (unpaired) electrons. The van der Waals surface area contributed by atoms with Gasteiger partial charge in [0.05, 0.1) is 12.3 Å². The van der Waals surface area contributed by atoms with Crippen molar-refractivity contribution in [2.75, 3.05) is 6.61 Å². The van der Waals surface area contributed by atoms with E-state index in [1.807, 2.05) is 6.92 Å². The predicted molar refractivity (Wildman–Crippen MR) is 74.7 cm³/mol. The molecule has 0 aromatic carbocycles. The number of aromatic nitrogens is 1. The molecular formula is C16H23NO3. The van der Waals surface area contributed by atoms with Crippen LogP contribution in [0.2, 0.25) is 0 Å². The summed E-state index contributed by atoms with van der Waals surface area (Å²) in [6, 6.07) is 0. The highest BCUT2D eigenvalue weighted by atomic mass is 16.5. The molecule has 0 unspecified atom stereocenters. The number of hydrogen-bond acceptors (Lipinski definition) is 4. The van der Waals surface area contributed by atoms with Gasteiger partial charge in [0, 0.05) is 12.3 Å². The Labute approximate surface area is 119 Å². The molecule has 20 heavy (non-hydrogen) atoms. The average Bonchev–Trinajstić information content (AvgIpc) is 3.00. The van der Waals surface area contributed by atoms with E-state index in [0.717, 1.165) is 43.2 Å². The lowest BCUT2D eigenvalue weighted by atomic mass is 10.0. The zero-order valence-corrected chi connectivity index (χ0v) is 12.2. The number of carbonyl (C=O) groups is 1. The molecule has 4 heteroatoms. The van der Waals surface area contributed by atoms with E-state index in [1.54, 1.807) is 0 Å². The maximum absolute atomic E-state index is 11.9. The molecule has 0 spiro atoms. The number of oxazole rings is 1. The number of carbonyl (C=O) groups excluding carboxylic acids is 1. The van der Waals surface area contributed by atoms with E-state index < -0.39 is 0 Å². The third-order valence-corrected chi connectivity index (χ3v) is 4.36. The molecule has 0 atom stereocenters. The molecule has 0 amide bonds. The van der Waals surface area contributed by atoms with Crippen LogP contribution in [0.25, 0.3) is 0 Å². The summed E-state index contributed by atoms with van der Waals surface area (Å²) < 4.78 is 10.8. The van der Waals surface area contributed by atoms with Gasteiger partial charge in [-0.25, -0.2) is 9.78 Å². The Bertz CT molecular complexity index is 470. The van der Waals surface area contributed by atoms with Crippen molar-refractivity contribution in [3.05, 3.63) is 17.3 Å². The fourth-order valence-electron chi connectivity index (χ4n) is 3.09. The SMILES string of the molecule is CCOC(=O)c1oc(CCC2CCCC2)nc1C1CC1. The molecule has 2 aliphatic carbocycles. The first-order valence-corrected chi connectivity index (χ1v) is 7.94. The molecule has 1 aromatic heterocycles. The highest BCUT2D eigenvalue weighted by Crippen LogP contribution is 2.41. The fraction of sp³-hybridized carbons (Fsp3) is 0.750. The van der Waals surface area contributed by atoms with E-state index in [-0.39, 0.29) is 5.97 Å². The largest absolute Gasteiger partial charge is 0.460 e. The summed E-state index contributed by atoms with van der Waals surface area (Å²) in [6.07, 6.45) is 9.59. The maximum Gasteiger partial charge on any atom is 0.376 e. The van der Waals surface area contributed by atoms with Crippen molar-refractivity contribution >= 4 is 5.97 Å². The van der Waals surface area contributed by atoms with E-state index in [1.165, 1.54) is 25.7 Å². The standard InChI is InChI=1S/C16H23NO3/c1-2-19-16(18)15-14(12-8-9-12)17-13(20-15)10-7-11-5-3-4-6-11/h11-12H,2-10H2,1H3. The summed E-state index contributed by atoms with van der Waals surface area (Å²) in [5.74, 6) is 1.96. The van der Waals surface area contributed by atoms with Gasteiger partial charge in [0.1, 0.15) is 0 Å². The maximum atomic E-state index is 11.9. The monoisotopic (exact) mass is 277 g/mol. The topological polar surface area (TPSA) is 52.3 Å². The highest BCUT2D eigenvalue weighted by molar-refractivity contribution is 5.87. The smallest absolute Gasteiger partial charge is 0.376 e. The van der Waals surface area contributed by atoms with Crippen molar-refractivity contribution in [1.29, 1.82) is 0 Å². The molecule has 0 aliphatic heterocycles. The summed E-state index contributed by atoms with van der Waals surface area (Å²) in [7, 11) is 0. The number of esters is 1. The second-order valence-corrected chi connectivity index (χ2v) is 6.01. The first-order chi connectivity index (χ1) is 9.78. The predicted octanol–water partition coefficient (Wildman–Crippen LogP) is 3.85. The number of rotatable bonds is 6. The molecule has 1 aromatic rings. The Hall–Kier alpha value is -1.32. The molecule has 110 valence electrons. The van der Waals surface area contributed by atoms with Crippen molar-refractivity contribution in [3.8, 4) is 0 Å². The van der Waals surface area contributed by atoms with E-state index >= 15 is 0 Å². The molecule has 2 fully saturated rings. The van der Waals surface area contributed by atoms with Crippen LogP contribution in [0.4, 0.5) is 0 Å². The van der Waals surface area contributed by atoms with Gasteiger partial charge >= 0.3 is 5.97 Å². The minimum absolute atomic E-state index is 0.353. The lowest BCUT2D eigenvalue weighted by Crippen LogP contribution is -2.05. The van der Waals surface area contributed by atoms with Gasteiger partial charge < -0.3 is 9.15 Å². The van der Waals surface area contributed by atoms with Gasteiger partial charge in [0.25, 0.3) is 0 Å². The quantitative estimate of drug-likeness (QED) is 0.741. The van der Waals surface area contributed by atoms with Crippen LogP contribution in [0.3, 0.4) is 0 Å². The van der Waals surface area contributed by atoms with Crippen molar-refractivity contribution in [2.45, 2.75) is 64.2 Å². The van der Waals surface area contributed by atoms with Crippen molar-refractivity contribution in [1.82, 2.24) is 4.98 Å². The number of nitrogens with zero attached hydrogens (tertiary/aromatic N) is 1. The number of hydrogen-bond donors (Lipinski definition) is 0. The van der Waals surface area contributed by atoms with Crippen LogP contribution in [0.1, 0.15) is 79.9 Å². The minimum atomic E-state index is -0.353. The van der Waals surface area contributed by atoms with Crippen LogP contribution in [0.15, 0.2) is 4.42 Å². The summed E-state index contributed by atoms with van der Waals surface area (Å²) in [4.78, 5) is 16.5. The fourth-order valence-corrected chi connectivity index (χ4v) is 3.09. The van der Waals surface area contributed by atoms with Gasteiger partial charge in [-0.05, 0) is 32.1 Å². The van der Waals surface area contributed by atoms with Crippen LogP contribution in [0, 0.1) is 5.92 Å². The first kappa shape index (κ1) is 13.7. The minimum Gasteiger partial charge on any atom is -0.460 e. The van der Waals surface area contributed by atoms with Gasteiger partial charge in [-0.1, -0.05) is 25.7 Å². The Morgan fingerprint density at radius 1 is 1.30 bits per heavy atom. The number of ether oxygens (including phenoxy) is 1. The Morgan fingerprint density at radius 2 is 2.05 bits per heavy atom. The molecular weight excluding hydrogens is 254 g/mol. The van der Waals surface area contributed by atoms with Crippen molar-refractivity contribution in [2.24, 2.45) is 5.92 Å². The summed E-state index contributed by atoms with van der Waals surface area (Å²) in [6.45, 7) is 2.19. The third-order valence-electron chi connectivity index (χ3n) is 4.36. The molecule has 4 nitrogen and oxygen atoms in total. The summed E-state index contributed by atoms with van der Waals surface area (Å²) >= 11 is 0. The molecule has 2 saturated carbocycles. The van der Waals surface area contributed by atoms with Crippen LogP contribution in [-0.2, 0) is 11.2 Å². The van der Waals surface area contributed by atoms with Crippen LogP contribution >= 0.6 is 0 Å². The molecule has 2 aliphatic rings. The molecule has 1 heterocycles. The zero-order valence-electron chi connectivity index (χ0n) is 12.2. The van der Waals surface area contributed by atoms with E-state index in [2.05, 4.69) is 4.98 Å². The molecule has 0 N–H and O–H groups in total. The van der Waals surface area contributed by atoms with Gasteiger partial charge in [-0.2, -0.15) is 0 Å². The van der Waals surface area contributed by atoms with E-state index in [4.69, 9.17) is 9.15 Å². The molecule has 0 saturated heterocycles. The highest BCUT2D eigenvalue weighted by Gasteiger charge is 2.34. The van der Waals surface area contributed by atoms with E-state index in [0.29, 0.717) is 18.3 Å². The zero-order chi connectivity index (χ0) is 13.9. The second-order valence-electron chi connectivity index (χ2n) is 6.01. The third kappa shape index (κ3) is 3.05. The Morgan fingerprint density at radius 3 is 2.70 bits per heavy atom. The van der Waals surface area contributed by atoms with Crippen LogP contribution < -0.4 is 0 Å². The Kier molecular flexibility index (Phi) is 4.08. The van der Waals surface area contributed by atoms with Gasteiger partial charge in [-0.15, -0.1) is 0 Å². The van der Waals surface area contributed by atoms with E-state index in [9.17, 15) is 4.79 Å².